The minimum Gasteiger partial charge on any atom is -0.380 e. The molecule has 3 nitrogen and oxygen atoms in total. The second-order valence-corrected chi connectivity index (χ2v) is 5.03. The Morgan fingerprint density at radius 1 is 1.05 bits per heavy atom. The molecule has 0 aromatic heterocycles. The molecule has 0 aliphatic carbocycles. The first-order valence-corrected chi connectivity index (χ1v) is 7.17. The zero-order valence-electron chi connectivity index (χ0n) is 12.6. The molecule has 3 heteroatoms. The number of nitrogens with one attached hydrogen (secondary N) is 1. The number of aryl methyl sites for hydroxylation is 1. The first-order chi connectivity index (χ1) is 10.2. The fourth-order valence-corrected chi connectivity index (χ4v) is 2.19. The lowest BCUT2D eigenvalue weighted by atomic mass is 10.1. The number of amides is 1. The molecule has 0 bridgehead atoms. The number of carbonyl (C=O) groups is 1. The van der Waals surface area contributed by atoms with Crippen LogP contribution in [0.3, 0.4) is 0 Å². The van der Waals surface area contributed by atoms with Crippen molar-refractivity contribution in [3.05, 3.63) is 65.2 Å². The maximum atomic E-state index is 12.1. The lowest BCUT2D eigenvalue weighted by Gasteiger charge is -2.08. The molecule has 2 aromatic rings. The van der Waals surface area contributed by atoms with E-state index in [1.54, 1.807) is 7.11 Å². The number of rotatable bonds is 6. The summed E-state index contributed by atoms with van der Waals surface area (Å²) in [6.45, 7) is 2.66. The molecule has 0 radical (unpaired) electrons. The Labute approximate surface area is 126 Å². The maximum absolute atomic E-state index is 12.1. The molecule has 110 valence electrons. The fourth-order valence-electron chi connectivity index (χ4n) is 2.19. The molecule has 0 fully saturated rings. The van der Waals surface area contributed by atoms with Crippen LogP contribution in [0.4, 0.5) is 5.69 Å². The van der Waals surface area contributed by atoms with Gasteiger partial charge in [-0.3, -0.25) is 4.79 Å². The van der Waals surface area contributed by atoms with Gasteiger partial charge in [0, 0.05) is 12.8 Å². The van der Waals surface area contributed by atoms with Gasteiger partial charge in [-0.15, -0.1) is 0 Å². The first-order valence-electron chi connectivity index (χ1n) is 7.17. The summed E-state index contributed by atoms with van der Waals surface area (Å²) in [7, 11) is 1.66. The normalized spacial score (nSPS) is 10.4. The van der Waals surface area contributed by atoms with Gasteiger partial charge in [-0.05, 0) is 35.2 Å². The third-order valence-corrected chi connectivity index (χ3v) is 3.32. The van der Waals surface area contributed by atoms with E-state index < -0.39 is 0 Å². The number of carbonyl (C=O) groups excluding carboxylic acids is 1. The summed E-state index contributed by atoms with van der Waals surface area (Å²) < 4.78 is 5.09. The minimum atomic E-state index is -0.00573. The van der Waals surface area contributed by atoms with Crippen molar-refractivity contribution in [1.82, 2.24) is 0 Å². The Morgan fingerprint density at radius 2 is 1.76 bits per heavy atom. The molecular formula is C18H21NO2. The van der Waals surface area contributed by atoms with E-state index in [-0.39, 0.29) is 5.91 Å². The molecule has 0 unspecified atom stereocenters. The Balaban J connectivity index is 1.95. The van der Waals surface area contributed by atoms with Gasteiger partial charge in [0.2, 0.25) is 5.91 Å². The van der Waals surface area contributed by atoms with E-state index in [0.717, 1.165) is 23.2 Å². The summed E-state index contributed by atoms with van der Waals surface area (Å²) in [4.78, 5) is 12.1. The zero-order chi connectivity index (χ0) is 15.1. The molecule has 21 heavy (non-hydrogen) atoms. The van der Waals surface area contributed by atoms with Crippen LogP contribution >= 0.6 is 0 Å². The van der Waals surface area contributed by atoms with Crippen molar-refractivity contribution in [2.24, 2.45) is 0 Å². The third-order valence-electron chi connectivity index (χ3n) is 3.32. The molecule has 0 heterocycles. The summed E-state index contributed by atoms with van der Waals surface area (Å²) in [6, 6.07) is 15.9. The van der Waals surface area contributed by atoms with Gasteiger partial charge in [-0.2, -0.15) is 0 Å². The maximum Gasteiger partial charge on any atom is 0.228 e. The zero-order valence-corrected chi connectivity index (χ0v) is 12.6. The SMILES string of the molecule is CCc1ccc(CC(=O)Nc2cccc(COC)c2)cc1. The van der Waals surface area contributed by atoms with E-state index in [2.05, 4.69) is 24.4 Å². The van der Waals surface area contributed by atoms with Crippen LogP contribution in [0.5, 0.6) is 0 Å². The van der Waals surface area contributed by atoms with Crippen molar-refractivity contribution < 1.29 is 9.53 Å². The number of anilines is 1. The standard InChI is InChI=1S/C18H21NO2/c1-3-14-7-9-15(10-8-14)12-18(20)19-17-6-4-5-16(11-17)13-21-2/h4-11H,3,12-13H2,1-2H3,(H,19,20). The first kappa shape index (κ1) is 15.3. The number of methoxy groups -OCH3 is 1. The molecule has 1 amide bonds. The summed E-state index contributed by atoms with van der Waals surface area (Å²) >= 11 is 0. The second kappa shape index (κ2) is 7.60. The van der Waals surface area contributed by atoms with E-state index in [9.17, 15) is 4.79 Å². The van der Waals surface area contributed by atoms with Crippen molar-refractivity contribution in [1.29, 1.82) is 0 Å². The van der Waals surface area contributed by atoms with Crippen LogP contribution in [0.25, 0.3) is 0 Å². The molecule has 2 aromatic carbocycles. The van der Waals surface area contributed by atoms with E-state index in [4.69, 9.17) is 4.74 Å². The molecule has 0 aliphatic rings. The monoisotopic (exact) mass is 283 g/mol. The van der Waals surface area contributed by atoms with Gasteiger partial charge in [0.15, 0.2) is 0 Å². The molecule has 0 aliphatic heterocycles. The number of ether oxygens (including phenoxy) is 1. The van der Waals surface area contributed by atoms with Crippen molar-refractivity contribution in [2.75, 3.05) is 12.4 Å². The lowest BCUT2D eigenvalue weighted by molar-refractivity contribution is -0.115. The van der Waals surface area contributed by atoms with Crippen LogP contribution in [0.15, 0.2) is 48.5 Å². The number of hydrogen-bond acceptors (Lipinski definition) is 2. The average molecular weight is 283 g/mol. The van der Waals surface area contributed by atoms with Crippen LogP contribution in [0, 0.1) is 0 Å². The van der Waals surface area contributed by atoms with E-state index >= 15 is 0 Å². The van der Waals surface area contributed by atoms with Gasteiger partial charge in [0.05, 0.1) is 13.0 Å². The minimum absolute atomic E-state index is 0.00573. The summed E-state index contributed by atoms with van der Waals surface area (Å²) in [5, 5.41) is 2.92. The number of hydrogen-bond donors (Lipinski definition) is 1. The van der Waals surface area contributed by atoms with Gasteiger partial charge < -0.3 is 10.1 Å². The highest BCUT2D eigenvalue weighted by Crippen LogP contribution is 2.12. The quantitative estimate of drug-likeness (QED) is 0.880. The Morgan fingerprint density at radius 3 is 2.43 bits per heavy atom. The molecule has 0 spiro atoms. The fraction of sp³-hybridized carbons (Fsp3) is 0.278. The highest BCUT2D eigenvalue weighted by molar-refractivity contribution is 5.92. The molecular weight excluding hydrogens is 262 g/mol. The predicted molar refractivity (Wildman–Crippen MR) is 85.3 cm³/mol. The highest BCUT2D eigenvalue weighted by Gasteiger charge is 2.05. The number of benzene rings is 2. The molecule has 1 N–H and O–H groups in total. The van der Waals surface area contributed by atoms with Crippen LogP contribution in [0.2, 0.25) is 0 Å². The Bertz CT molecular complexity index is 590. The third kappa shape index (κ3) is 4.72. The Hall–Kier alpha value is -2.13. The van der Waals surface area contributed by atoms with Crippen LogP contribution in [-0.4, -0.2) is 13.0 Å². The van der Waals surface area contributed by atoms with Crippen LogP contribution in [0.1, 0.15) is 23.6 Å². The van der Waals surface area contributed by atoms with Gasteiger partial charge in [-0.1, -0.05) is 43.3 Å². The average Bonchev–Trinajstić information content (AvgIpc) is 2.48. The van der Waals surface area contributed by atoms with E-state index in [1.807, 2.05) is 36.4 Å². The summed E-state index contributed by atoms with van der Waals surface area (Å²) in [5.74, 6) is -0.00573. The summed E-state index contributed by atoms with van der Waals surface area (Å²) in [6.07, 6.45) is 1.40. The smallest absolute Gasteiger partial charge is 0.228 e. The van der Waals surface area contributed by atoms with Gasteiger partial charge in [0.1, 0.15) is 0 Å². The molecule has 0 atom stereocenters. The van der Waals surface area contributed by atoms with E-state index in [1.165, 1.54) is 5.56 Å². The van der Waals surface area contributed by atoms with E-state index in [0.29, 0.717) is 13.0 Å². The molecule has 0 saturated carbocycles. The van der Waals surface area contributed by atoms with Crippen molar-refractivity contribution in [2.45, 2.75) is 26.4 Å². The van der Waals surface area contributed by atoms with Gasteiger partial charge in [0.25, 0.3) is 0 Å². The van der Waals surface area contributed by atoms with Crippen molar-refractivity contribution >= 4 is 11.6 Å². The second-order valence-electron chi connectivity index (χ2n) is 5.03. The van der Waals surface area contributed by atoms with Crippen LogP contribution < -0.4 is 5.32 Å². The Kier molecular flexibility index (Phi) is 5.52. The van der Waals surface area contributed by atoms with Crippen LogP contribution in [-0.2, 0) is 29.0 Å². The lowest BCUT2D eigenvalue weighted by Crippen LogP contribution is -2.14. The van der Waals surface area contributed by atoms with Crippen molar-refractivity contribution in [3.63, 3.8) is 0 Å². The van der Waals surface area contributed by atoms with Gasteiger partial charge in [-0.25, -0.2) is 0 Å². The summed E-state index contributed by atoms with van der Waals surface area (Å²) in [5.41, 5.74) is 4.16. The molecule has 0 saturated heterocycles. The topological polar surface area (TPSA) is 38.3 Å². The van der Waals surface area contributed by atoms with Gasteiger partial charge >= 0.3 is 0 Å². The highest BCUT2D eigenvalue weighted by atomic mass is 16.5. The largest absolute Gasteiger partial charge is 0.380 e. The van der Waals surface area contributed by atoms with Crippen molar-refractivity contribution in [3.8, 4) is 0 Å². The predicted octanol–water partition coefficient (Wildman–Crippen LogP) is 3.58. The molecule has 2 rings (SSSR count).